The normalized spacial score (nSPS) is 18.3. The van der Waals surface area contributed by atoms with Crippen molar-refractivity contribution in [1.29, 1.82) is 0 Å². The summed E-state index contributed by atoms with van der Waals surface area (Å²) in [5, 5.41) is 0. The number of methoxy groups -OCH3 is 3. The smallest absolute Gasteiger partial charge is 0.203 e. The summed E-state index contributed by atoms with van der Waals surface area (Å²) < 4.78 is 16.7. The van der Waals surface area contributed by atoms with E-state index in [1.807, 2.05) is 23.5 Å². The van der Waals surface area contributed by atoms with Crippen molar-refractivity contribution < 1.29 is 14.2 Å². The van der Waals surface area contributed by atoms with E-state index in [0.29, 0.717) is 11.8 Å². The number of rotatable bonds is 7. The molecule has 0 radical (unpaired) electrons. The average molecular weight is 372 g/mol. The standard InChI is InChI=1S/C18H29NO3S2/c1-13(19(2)3)12-18(23-8-7-9-24-18)14-10-15(20-4)17(22-6)16(11-14)21-5/h10-11,13H,7-9,12H2,1-6H3. The lowest BCUT2D eigenvalue weighted by Crippen LogP contribution is -2.34. The van der Waals surface area contributed by atoms with Gasteiger partial charge in [-0.2, -0.15) is 0 Å². The second-order valence-electron chi connectivity index (χ2n) is 6.23. The van der Waals surface area contributed by atoms with Crippen LogP contribution in [0.4, 0.5) is 0 Å². The number of nitrogens with zero attached hydrogens (tertiary/aromatic N) is 1. The van der Waals surface area contributed by atoms with Crippen LogP contribution < -0.4 is 14.2 Å². The molecule has 6 heteroatoms. The molecule has 24 heavy (non-hydrogen) atoms. The predicted octanol–water partition coefficient (Wildman–Crippen LogP) is 4.08. The zero-order valence-corrected chi connectivity index (χ0v) is 17.2. The Kier molecular flexibility index (Phi) is 7.01. The minimum Gasteiger partial charge on any atom is -0.493 e. The van der Waals surface area contributed by atoms with Crippen molar-refractivity contribution in [2.45, 2.75) is 29.9 Å². The van der Waals surface area contributed by atoms with Crippen LogP contribution in [-0.2, 0) is 4.08 Å². The van der Waals surface area contributed by atoms with E-state index in [-0.39, 0.29) is 4.08 Å². The molecule has 0 amide bonds. The fourth-order valence-corrected chi connectivity index (χ4v) is 6.39. The molecule has 2 rings (SSSR count). The maximum atomic E-state index is 5.57. The molecule has 0 aliphatic carbocycles. The van der Waals surface area contributed by atoms with E-state index < -0.39 is 0 Å². The van der Waals surface area contributed by atoms with Gasteiger partial charge in [-0.1, -0.05) is 0 Å². The van der Waals surface area contributed by atoms with Gasteiger partial charge in [-0.15, -0.1) is 23.5 Å². The highest BCUT2D eigenvalue weighted by molar-refractivity contribution is 8.18. The first-order valence-electron chi connectivity index (χ1n) is 8.22. The lowest BCUT2D eigenvalue weighted by molar-refractivity contribution is 0.291. The first-order valence-corrected chi connectivity index (χ1v) is 10.2. The van der Waals surface area contributed by atoms with E-state index >= 15 is 0 Å². The molecular weight excluding hydrogens is 342 g/mol. The zero-order valence-electron chi connectivity index (χ0n) is 15.5. The molecule has 136 valence electrons. The van der Waals surface area contributed by atoms with Crippen LogP contribution in [0.1, 0.15) is 25.3 Å². The summed E-state index contributed by atoms with van der Waals surface area (Å²) >= 11 is 4.09. The molecule has 1 aliphatic heterocycles. The summed E-state index contributed by atoms with van der Waals surface area (Å²) in [5.74, 6) is 4.49. The Bertz CT molecular complexity index is 520. The van der Waals surface area contributed by atoms with Crippen molar-refractivity contribution in [1.82, 2.24) is 4.90 Å². The second-order valence-corrected chi connectivity index (χ2v) is 9.28. The molecule has 0 bridgehead atoms. The summed E-state index contributed by atoms with van der Waals surface area (Å²) in [6.07, 6.45) is 2.34. The van der Waals surface area contributed by atoms with E-state index in [9.17, 15) is 0 Å². The molecule has 1 unspecified atom stereocenters. The number of ether oxygens (including phenoxy) is 3. The topological polar surface area (TPSA) is 30.9 Å². The van der Waals surface area contributed by atoms with Crippen molar-refractivity contribution in [3.05, 3.63) is 17.7 Å². The van der Waals surface area contributed by atoms with Crippen LogP contribution in [0.5, 0.6) is 17.2 Å². The van der Waals surface area contributed by atoms with Gasteiger partial charge >= 0.3 is 0 Å². The highest BCUT2D eigenvalue weighted by Crippen LogP contribution is 2.56. The van der Waals surface area contributed by atoms with Gasteiger partial charge < -0.3 is 19.1 Å². The van der Waals surface area contributed by atoms with Crippen molar-refractivity contribution in [2.24, 2.45) is 0 Å². The maximum absolute atomic E-state index is 5.57. The fraction of sp³-hybridized carbons (Fsp3) is 0.667. The van der Waals surface area contributed by atoms with Gasteiger partial charge in [0.15, 0.2) is 11.5 Å². The van der Waals surface area contributed by atoms with Crippen LogP contribution in [0, 0.1) is 0 Å². The summed E-state index contributed by atoms with van der Waals surface area (Å²) in [4.78, 5) is 2.29. The van der Waals surface area contributed by atoms with Crippen LogP contribution in [0.15, 0.2) is 12.1 Å². The maximum Gasteiger partial charge on any atom is 0.203 e. The summed E-state index contributed by atoms with van der Waals surface area (Å²) in [6.45, 7) is 2.29. The molecule has 1 saturated heterocycles. The van der Waals surface area contributed by atoms with Gasteiger partial charge in [0.25, 0.3) is 0 Å². The van der Waals surface area contributed by atoms with Crippen LogP contribution in [0.2, 0.25) is 0 Å². The molecule has 4 nitrogen and oxygen atoms in total. The monoisotopic (exact) mass is 371 g/mol. The molecule has 0 spiro atoms. The number of hydrogen-bond donors (Lipinski definition) is 0. The van der Waals surface area contributed by atoms with Crippen molar-refractivity contribution in [3.8, 4) is 17.2 Å². The summed E-state index contributed by atoms with van der Waals surface area (Å²) in [5.41, 5.74) is 1.25. The molecule has 1 atom stereocenters. The van der Waals surface area contributed by atoms with E-state index in [1.54, 1.807) is 21.3 Å². The molecule has 1 aromatic carbocycles. The molecule has 0 N–H and O–H groups in total. The minimum atomic E-state index is 0.0226. The number of thioether (sulfide) groups is 2. The lowest BCUT2D eigenvalue weighted by atomic mass is 10.0. The number of hydrogen-bond acceptors (Lipinski definition) is 6. The Morgan fingerprint density at radius 1 is 1.04 bits per heavy atom. The van der Waals surface area contributed by atoms with Crippen molar-refractivity contribution in [2.75, 3.05) is 46.9 Å². The van der Waals surface area contributed by atoms with Crippen LogP contribution >= 0.6 is 23.5 Å². The first kappa shape index (κ1) is 19.6. The molecule has 1 heterocycles. The first-order chi connectivity index (χ1) is 11.5. The highest BCUT2D eigenvalue weighted by atomic mass is 32.2. The van der Waals surface area contributed by atoms with E-state index in [1.165, 1.54) is 23.5 Å². The Labute approximate surface area is 154 Å². The molecule has 1 fully saturated rings. The molecular formula is C18H29NO3S2. The van der Waals surface area contributed by atoms with Gasteiger partial charge in [-0.25, -0.2) is 0 Å². The highest BCUT2D eigenvalue weighted by Gasteiger charge is 2.38. The Hall–Kier alpha value is -0.720. The third-order valence-electron chi connectivity index (χ3n) is 4.51. The average Bonchev–Trinajstić information content (AvgIpc) is 2.60. The summed E-state index contributed by atoms with van der Waals surface area (Å²) in [7, 11) is 9.29. The second kappa shape index (κ2) is 8.59. The third-order valence-corrected chi connectivity index (χ3v) is 7.94. The zero-order chi connectivity index (χ0) is 17.7. The Morgan fingerprint density at radius 2 is 1.58 bits per heavy atom. The molecule has 0 aromatic heterocycles. The Morgan fingerprint density at radius 3 is 2.00 bits per heavy atom. The van der Waals surface area contributed by atoms with Gasteiger partial charge in [0.2, 0.25) is 5.75 Å². The molecule has 1 aliphatic rings. The summed E-state index contributed by atoms with van der Waals surface area (Å²) in [6, 6.07) is 4.73. The van der Waals surface area contributed by atoms with Crippen LogP contribution in [-0.4, -0.2) is 57.9 Å². The number of benzene rings is 1. The fourth-order valence-electron chi connectivity index (χ4n) is 2.85. The minimum absolute atomic E-state index is 0.0226. The molecule has 1 aromatic rings. The SMILES string of the molecule is COc1cc(C2(CC(C)N(C)C)SCCCS2)cc(OC)c1OC. The van der Waals surface area contributed by atoms with Gasteiger partial charge in [0.05, 0.1) is 25.4 Å². The van der Waals surface area contributed by atoms with Crippen molar-refractivity contribution >= 4 is 23.5 Å². The largest absolute Gasteiger partial charge is 0.493 e. The predicted molar refractivity (Wildman–Crippen MR) is 105 cm³/mol. The van der Waals surface area contributed by atoms with E-state index in [4.69, 9.17) is 14.2 Å². The van der Waals surface area contributed by atoms with Gasteiger partial charge in [-0.3, -0.25) is 0 Å². The van der Waals surface area contributed by atoms with Crippen LogP contribution in [0.3, 0.4) is 0 Å². The van der Waals surface area contributed by atoms with E-state index in [2.05, 4.69) is 38.1 Å². The quantitative estimate of drug-likeness (QED) is 0.718. The van der Waals surface area contributed by atoms with Crippen LogP contribution in [0.25, 0.3) is 0 Å². The van der Waals surface area contributed by atoms with Gasteiger partial charge in [0, 0.05) is 6.04 Å². The van der Waals surface area contributed by atoms with E-state index in [0.717, 1.165) is 17.9 Å². The van der Waals surface area contributed by atoms with Gasteiger partial charge in [-0.05, 0) is 63.1 Å². The lowest BCUT2D eigenvalue weighted by Gasteiger charge is -2.40. The Balaban J connectivity index is 2.49. The van der Waals surface area contributed by atoms with Crippen molar-refractivity contribution in [3.63, 3.8) is 0 Å². The van der Waals surface area contributed by atoms with Gasteiger partial charge in [0.1, 0.15) is 0 Å². The third kappa shape index (κ3) is 4.09. The molecule has 0 saturated carbocycles.